The molecular formula is C20H22BrN3O3. The summed E-state index contributed by atoms with van der Waals surface area (Å²) in [4.78, 5) is 15.2. The zero-order valence-corrected chi connectivity index (χ0v) is 16.7. The first kappa shape index (κ1) is 18.3. The van der Waals surface area contributed by atoms with Crippen molar-refractivity contribution in [3.8, 4) is 0 Å². The number of fused-ring (bicyclic) bond motifs is 1. The van der Waals surface area contributed by atoms with Crippen LogP contribution >= 0.6 is 15.9 Å². The van der Waals surface area contributed by atoms with Crippen LogP contribution in [0.1, 0.15) is 22.1 Å². The average molecular weight is 432 g/mol. The molecule has 1 aliphatic heterocycles. The van der Waals surface area contributed by atoms with Crippen molar-refractivity contribution < 1.29 is 13.9 Å². The highest BCUT2D eigenvalue weighted by Crippen LogP contribution is 2.26. The zero-order valence-electron chi connectivity index (χ0n) is 15.2. The van der Waals surface area contributed by atoms with E-state index in [1.165, 1.54) is 5.56 Å². The maximum atomic E-state index is 12.8. The molecule has 3 heterocycles. The second kappa shape index (κ2) is 7.88. The number of carbonyl (C=O) groups is 1. The molecule has 6 nitrogen and oxygen atoms in total. The van der Waals surface area contributed by atoms with Crippen LogP contribution in [0, 0.1) is 0 Å². The fourth-order valence-corrected chi connectivity index (χ4v) is 3.99. The Bertz CT molecular complexity index is 929. The molecule has 1 aromatic carbocycles. The van der Waals surface area contributed by atoms with Crippen LogP contribution in [0.25, 0.3) is 11.1 Å². The minimum Gasteiger partial charge on any atom is -0.448 e. The summed E-state index contributed by atoms with van der Waals surface area (Å²) in [7, 11) is 1.87. The first-order chi connectivity index (χ1) is 13.1. The number of rotatable bonds is 5. The molecule has 1 unspecified atom stereocenters. The Morgan fingerprint density at radius 3 is 2.67 bits per heavy atom. The molecule has 1 fully saturated rings. The zero-order chi connectivity index (χ0) is 18.8. The number of furan rings is 1. The highest BCUT2D eigenvalue weighted by atomic mass is 79.9. The molecule has 7 heteroatoms. The van der Waals surface area contributed by atoms with Gasteiger partial charge < -0.3 is 19.0 Å². The predicted molar refractivity (Wildman–Crippen MR) is 107 cm³/mol. The molecule has 27 heavy (non-hydrogen) atoms. The van der Waals surface area contributed by atoms with E-state index >= 15 is 0 Å². The molecular weight excluding hydrogens is 410 g/mol. The van der Waals surface area contributed by atoms with Crippen LogP contribution in [-0.4, -0.2) is 48.2 Å². The molecule has 0 saturated carbocycles. The van der Waals surface area contributed by atoms with Crippen LogP contribution < -0.4 is 5.32 Å². The van der Waals surface area contributed by atoms with Crippen molar-refractivity contribution >= 4 is 32.9 Å². The quantitative estimate of drug-likeness (QED) is 0.672. The summed E-state index contributed by atoms with van der Waals surface area (Å²) < 4.78 is 13.6. The molecule has 0 bridgehead atoms. The van der Waals surface area contributed by atoms with Gasteiger partial charge in [-0.05, 0) is 21.5 Å². The fraction of sp³-hybridized carbons (Fsp3) is 0.350. The van der Waals surface area contributed by atoms with Crippen molar-refractivity contribution in [2.45, 2.75) is 6.04 Å². The number of carbonyl (C=O) groups excluding carboxylic acids is 1. The number of amides is 1. The number of ether oxygens (including phenoxy) is 1. The van der Waals surface area contributed by atoms with Crippen molar-refractivity contribution in [2.75, 3.05) is 32.8 Å². The molecule has 0 radical (unpaired) electrons. The van der Waals surface area contributed by atoms with Gasteiger partial charge >= 0.3 is 0 Å². The monoisotopic (exact) mass is 431 g/mol. The number of morpholine rings is 1. The molecule has 1 N–H and O–H groups in total. The van der Waals surface area contributed by atoms with E-state index in [1.54, 1.807) is 6.07 Å². The number of aryl methyl sites for hydroxylation is 1. The second-order valence-electron chi connectivity index (χ2n) is 6.67. The van der Waals surface area contributed by atoms with Gasteiger partial charge in [-0.15, -0.1) is 0 Å². The van der Waals surface area contributed by atoms with Crippen LogP contribution in [0.2, 0.25) is 0 Å². The number of nitrogens with one attached hydrogen (secondary N) is 1. The molecule has 1 saturated heterocycles. The highest BCUT2D eigenvalue weighted by molar-refractivity contribution is 9.10. The van der Waals surface area contributed by atoms with Crippen LogP contribution in [0.3, 0.4) is 0 Å². The third-order valence-electron chi connectivity index (χ3n) is 5.06. The second-order valence-corrected chi connectivity index (χ2v) is 7.46. The highest BCUT2D eigenvalue weighted by Gasteiger charge is 2.24. The molecule has 2 aromatic heterocycles. The first-order valence-electron chi connectivity index (χ1n) is 9.03. The molecule has 1 aliphatic rings. The molecule has 3 aromatic rings. The summed E-state index contributed by atoms with van der Waals surface area (Å²) in [6.45, 7) is 3.71. The molecule has 0 spiro atoms. The average Bonchev–Trinajstić information content (AvgIpc) is 3.21. The van der Waals surface area contributed by atoms with Gasteiger partial charge in [0.1, 0.15) is 5.69 Å². The number of aromatic nitrogens is 1. The Hall–Kier alpha value is -2.09. The van der Waals surface area contributed by atoms with Gasteiger partial charge in [0, 0.05) is 38.8 Å². The molecule has 0 aliphatic carbocycles. The lowest BCUT2D eigenvalue weighted by Crippen LogP contribution is -2.44. The topological polar surface area (TPSA) is 59.6 Å². The Balaban J connectivity index is 1.51. The Morgan fingerprint density at radius 2 is 1.96 bits per heavy atom. The summed E-state index contributed by atoms with van der Waals surface area (Å²) in [5.74, 6) is -0.103. The lowest BCUT2D eigenvalue weighted by molar-refractivity contribution is 0.0162. The number of nitrogens with zero attached hydrogens (tertiary/aromatic N) is 2. The molecule has 142 valence electrons. The van der Waals surface area contributed by atoms with E-state index in [9.17, 15) is 4.79 Å². The van der Waals surface area contributed by atoms with Crippen molar-refractivity contribution in [1.29, 1.82) is 0 Å². The third-order valence-corrected chi connectivity index (χ3v) is 5.45. The summed E-state index contributed by atoms with van der Waals surface area (Å²) in [5, 5.41) is 3.11. The predicted octanol–water partition coefficient (Wildman–Crippen LogP) is 3.34. The lowest BCUT2D eigenvalue weighted by Gasteiger charge is -2.34. The van der Waals surface area contributed by atoms with Crippen LogP contribution in [0.15, 0.2) is 51.6 Å². The van der Waals surface area contributed by atoms with Gasteiger partial charge in [-0.25, -0.2) is 0 Å². The third kappa shape index (κ3) is 3.81. The summed E-state index contributed by atoms with van der Waals surface area (Å²) >= 11 is 3.32. The van der Waals surface area contributed by atoms with E-state index in [1.807, 2.05) is 35.9 Å². The standard InChI is InChI=1S/C20H22BrN3O3/c1-23-15-12-19(21)27-18(15)11-16(23)20(25)22-13-17(14-5-3-2-4-6-14)24-7-9-26-10-8-24/h2-6,11-12,17H,7-10,13H2,1H3,(H,22,25). The number of hydrogen-bond acceptors (Lipinski definition) is 4. The van der Waals surface area contributed by atoms with E-state index in [-0.39, 0.29) is 11.9 Å². The number of hydrogen-bond donors (Lipinski definition) is 1. The number of benzene rings is 1. The van der Waals surface area contributed by atoms with E-state index < -0.39 is 0 Å². The van der Waals surface area contributed by atoms with E-state index in [4.69, 9.17) is 9.15 Å². The van der Waals surface area contributed by atoms with Crippen LogP contribution in [0.5, 0.6) is 0 Å². The molecule has 1 amide bonds. The van der Waals surface area contributed by atoms with Crippen molar-refractivity contribution in [3.63, 3.8) is 0 Å². The normalized spacial score (nSPS) is 16.5. The van der Waals surface area contributed by atoms with Gasteiger partial charge in [0.25, 0.3) is 5.91 Å². The van der Waals surface area contributed by atoms with Crippen molar-refractivity contribution in [2.24, 2.45) is 7.05 Å². The van der Waals surface area contributed by atoms with E-state index in [2.05, 4.69) is 38.3 Å². The minimum atomic E-state index is -0.103. The van der Waals surface area contributed by atoms with Gasteiger partial charge in [0.2, 0.25) is 0 Å². The van der Waals surface area contributed by atoms with Crippen LogP contribution in [0.4, 0.5) is 0 Å². The van der Waals surface area contributed by atoms with Gasteiger partial charge in [-0.2, -0.15) is 0 Å². The minimum absolute atomic E-state index is 0.103. The smallest absolute Gasteiger partial charge is 0.268 e. The van der Waals surface area contributed by atoms with Crippen LogP contribution in [-0.2, 0) is 11.8 Å². The fourth-order valence-electron chi connectivity index (χ4n) is 3.60. The Morgan fingerprint density at radius 1 is 1.22 bits per heavy atom. The van der Waals surface area contributed by atoms with Crippen molar-refractivity contribution in [1.82, 2.24) is 14.8 Å². The van der Waals surface area contributed by atoms with Gasteiger partial charge in [0.05, 0.1) is 24.8 Å². The largest absolute Gasteiger partial charge is 0.448 e. The van der Waals surface area contributed by atoms with Gasteiger partial charge in [-0.1, -0.05) is 30.3 Å². The van der Waals surface area contributed by atoms with Crippen molar-refractivity contribution in [3.05, 3.63) is 58.4 Å². The van der Waals surface area contributed by atoms with Gasteiger partial charge in [-0.3, -0.25) is 9.69 Å². The maximum absolute atomic E-state index is 12.8. The van der Waals surface area contributed by atoms with Gasteiger partial charge in [0.15, 0.2) is 10.3 Å². The summed E-state index contributed by atoms with van der Waals surface area (Å²) in [6, 6.07) is 14.1. The Kier molecular flexibility index (Phi) is 5.33. The number of halogens is 1. The first-order valence-corrected chi connectivity index (χ1v) is 9.82. The lowest BCUT2D eigenvalue weighted by atomic mass is 10.0. The Labute approximate surface area is 166 Å². The maximum Gasteiger partial charge on any atom is 0.268 e. The summed E-state index contributed by atoms with van der Waals surface area (Å²) in [5.41, 5.74) is 3.37. The SMILES string of the molecule is Cn1c(C(=O)NCC(c2ccccc2)N2CCOCC2)cc2oc(Br)cc21. The molecule has 4 rings (SSSR count). The van der Waals surface area contributed by atoms with E-state index in [0.717, 1.165) is 31.8 Å². The van der Waals surface area contributed by atoms with E-state index in [0.29, 0.717) is 22.5 Å². The summed E-state index contributed by atoms with van der Waals surface area (Å²) in [6.07, 6.45) is 0. The molecule has 1 atom stereocenters.